The van der Waals surface area contributed by atoms with Crippen molar-refractivity contribution in [3.63, 3.8) is 0 Å². The summed E-state index contributed by atoms with van der Waals surface area (Å²) in [5.74, 6) is 0. The van der Waals surface area contributed by atoms with Gasteiger partial charge in [0.05, 0.1) is 0 Å². The second-order valence-corrected chi connectivity index (χ2v) is 6.95. The van der Waals surface area contributed by atoms with E-state index in [0.717, 1.165) is 0 Å². The predicted molar refractivity (Wildman–Crippen MR) is 75.7 cm³/mol. The minimum atomic E-state index is 0.484. The van der Waals surface area contributed by atoms with E-state index < -0.39 is 0 Å². The Hall–Kier alpha value is 0.415. The first-order valence-electron chi connectivity index (χ1n) is 6.12. The second-order valence-electron chi connectivity index (χ2n) is 6.95. The molecular weight excluding hydrogens is 182 g/mol. The van der Waals surface area contributed by atoms with E-state index in [-0.39, 0.29) is 0 Å². The minimum absolute atomic E-state index is 0.484. The van der Waals surface area contributed by atoms with Crippen LogP contribution in [0.1, 0.15) is 41.0 Å². The van der Waals surface area contributed by atoms with Gasteiger partial charge < -0.3 is 0 Å². The van der Waals surface area contributed by atoms with Gasteiger partial charge in [-0.05, 0) is 0 Å². The van der Waals surface area contributed by atoms with Gasteiger partial charge in [0.1, 0.15) is 0 Å². The van der Waals surface area contributed by atoms with Crippen molar-refractivity contribution < 1.29 is 0 Å². The molecule has 0 saturated carbocycles. The van der Waals surface area contributed by atoms with Crippen LogP contribution in [0.2, 0.25) is 4.09 Å². The van der Waals surface area contributed by atoms with Crippen molar-refractivity contribution >= 4 is 39.7 Å². The predicted octanol–water partition coefficient (Wildman–Crippen LogP) is 3.27. The molecule has 0 N–H and O–H groups in total. The molecule has 0 nitrogen and oxygen atoms in total. The summed E-state index contributed by atoms with van der Waals surface area (Å²) < 4.78 is 1.81. The molecule has 1 aromatic carbocycles. The Morgan fingerprint density at radius 2 is 1.38 bits per heavy atom. The van der Waals surface area contributed by atoms with Crippen molar-refractivity contribution in [1.29, 1.82) is 0 Å². The van der Waals surface area contributed by atoms with Crippen LogP contribution in [0.4, 0.5) is 0 Å². The Morgan fingerprint density at radius 3 is 1.50 bits per heavy atom. The Balaban J connectivity index is 0.000000288. The standard InChI is InChI=1S/C8H17.C6H5.2Li/c1-7(2)6-8(3,4)5;1-2-4-6-5-3-1;;/h6H2,1-5H3;1-5H;;. The summed E-state index contributed by atoms with van der Waals surface area (Å²) in [5, 5.41) is 0. The maximum atomic E-state index is 2.29. The fourth-order valence-corrected chi connectivity index (χ4v) is 2.13. The third-order valence-electron chi connectivity index (χ3n) is 2.00. The summed E-state index contributed by atoms with van der Waals surface area (Å²) in [6, 6.07) is 10.3. The zero-order valence-electron chi connectivity index (χ0n) is 12.1. The average molecular weight is 204 g/mol. The van der Waals surface area contributed by atoms with Gasteiger partial charge in [-0.2, -0.15) is 0 Å². The maximum absolute atomic E-state index is 2.29. The second kappa shape index (κ2) is 6.98. The van der Waals surface area contributed by atoms with Crippen LogP contribution >= 0.6 is 0 Å². The quantitative estimate of drug-likeness (QED) is 0.616. The fraction of sp³-hybridized carbons (Fsp3) is 0.571. The Kier molecular flexibility index (Phi) is 7.17. The van der Waals surface area contributed by atoms with Crippen LogP contribution in [0.3, 0.4) is 0 Å². The molecule has 16 heavy (non-hydrogen) atoms. The molecule has 0 aliphatic carbocycles. The summed E-state index contributed by atoms with van der Waals surface area (Å²) in [4.78, 5) is 0. The topological polar surface area (TPSA) is 0 Å². The SMILES string of the molecule is [Li][C](C)(C)CC(C)(C)C.[Li][c]1ccccc1. The third kappa shape index (κ3) is 12.5. The number of hydrogen-bond acceptors (Lipinski definition) is 0. The van der Waals surface area contributed by atoms with Crippen LogP contribution in [-0.4, -0.2) is 35.4 Å². The Bertz CT molecular complexity index is 266. The van der Waals surface area contributed by atoms with Crippen molar-refractivity contribution in [3.8, 4) is 0 Å². The normalized spacial score (nSPS) is 11.8. The van der Waals surface area contributed by atoms with Crippen molar-refractivity contribution in [1.82, 2.24) is 0 Å². The van der Waals surface area contributed by atoms with Gasteiger partial charge in [-0.15, -0.1) is 0 Å². The van der Waals surface area contributed by atoms with Gasteiger partial charge in [0.25, 0.3) is 0 Å². The van der Waals surface area contributed by atoms with Crippen molar-refractivity contribution in [3.05, 3.63) is 30.3 Å². The molecule has 0 amide bonds. The van der Waals surface area contributed by atoms with Crippen LogP contribution < -0.4 is 4.24 Å². The molecule has 0 saturated heterocycles. The molecule has 0 bridgehead atoms. The van der Waals surface area contributed by atoms with Gasteiger partial charge in [0.2, 0.25) is 0 Å². The molecule has 2 heteroatoms. The molecule has 0 aliphatic rings. The molecule has 0 radical (unpaired) electrons. The van der Waals surface area contributed by atoms with Crippen LogP contribution in [0.15, 0.2) is 30.3 Å². The van der Waals surface area contributed by atoms with E-state index in [0.29, 0.717) is 9.50 Å². The number of rotatable bonds is 1. The van der Waals surface area contributed by atoms with E-state index in [1.165, 1.54) is 10.7 Å². The number of hydrogen-bond donors (Lipinski definition) is 0. The van der Waals surface area contributed by atoms with Gasteiger partial charge in [0, 0.05) is 0 Å². The Morgan fingerprint density at radius 1 is 0.938 bits per heavy atom. The zero-order valence-corrected chi connectivity index (χ0v) is 12.1. The summed E-state index contributed by atoms with van der Waals surface area (Å²) in [6.07, 6.45) is 1.29. The van der Waals surface area contributed by atoms with Crippen molar-refractivity contribution in [2.75, 3.05) is 0 Å². The first kappa shape index (κ1) is 16.4. The molecule has 0 aromatic heterocycles. The number of benzene rings is 1. The Labute approximate surface area is 120 Å². The van der Waals surface area contributed by atoms with Crippen LogP contribution in [0.5, 0.6) is 0 Å². The summed E-state index contributed by atoms with van der Waals surface area (Å²) in [7, 11) is 0. The molecule has 0 heterocycles. The van der Waals surface area contributed by atoms with E-state index in [1.54, 1.807) is 0 Å². The van der Waals surface area contributed by atoms with Gasteiger partial charge in [-0.25, -0.2) is 0 Å². The summed E-state index contributed by atoms with van der Waals surface area (Å²) in [6.45, 7) is 11.4. The van der Waals surface area contributed by atoms with Gasteiger partial charge in [-0.1, -0.05) is 0 Å². The van der Waals surface area contributed by atoms with Crippen molar-refractivity contribution in [2.45, 2.75) is 45.1 Å². The van der Waals surface area contributed by atoms with Crippen LogP contribution in [-0.2, 0) is 0 Å². The van der Waals surface area contributed by atoms with E-state index in [9.17, 15) is 0 Å². The van der Waals surface area contributed by atoms with E-state index in [2.05, 4.69) is 82.2 Å². The van der Waals surface area contributed by atoms with E-state index in [1.807, 2.05) is 18.2 Å². The average Bonchev–Trinajstić information content (AvgIpc) is 1.99. The van der Waals surface area contributed by atoms with E-state index in [4.69, 9.17) is 0 Å². The summed E-state index contributed by atoms with van der Waals surface area (Å²) >= 11 is 4.37. The van der Waals surface area contributed by atoms with Gasteiger partial charge >= 0.3 is 121 Å². The molecule has 80 valence electrons. The molecule has 0 atom stereocenters. The first-order chi connectivity index (χ1) is 7.10. The monoisotopic (exact) mass is 204 g/mol. The van der Waals surface area contributed by atoms with Crippen LogP contribution in [0, 0.1) is 5.41 Å². The zero-order chi connectivity index (χ0) is 12.8. The molecule has 1 aromatic rings. The molecule has 0 aliphatic heterocycles. The fourth-order valence-electron chi connectivity index (χ4n) is 2.13. The molecule has 0 fully saturated rings. The van der Waals surface area contributed by atoms with Gasteiger partial charge in [-0.3, -0.25) is 0 Å². The first-order valence-corrected chi connectivity index (χ1v) is 6.12. The van der Waals surface area contributed by atoms with Crippen LogP contribution in [0.25, 0.3) is 0 Å². The molecular formula is C14H22Li2. The van der Waals surface area contributed by atoms with Gasteiger partial charge in [0.15, 0.2) is 0 Å². The third-order valence-corrected chi connectivity index (χ3v) is 2.00. The summed E-state index contributed by atoms with van der Waals surface area (Å²) in [5.41, 5.74) is 0.484. The molecule has 1 rings (SSSR count). The van der Waals surface area contributed by atoms with Crippen molar-refractivity contribution in [2.24, 2.45) is 5.41 Å². The van der Waals surface area contributed by atoms with E-state index >= 15 is 0 Å². The molecule has 0 spiro atoms. The molecule has 0 unspecified atom stereocenters.